The smallest absolute Gasteiger partial charge is 0.289 e. The summed E-state index contributed by atoms with van der Waals surface area (Å²) in [6, 6.07) is 3.88. The predicted octanol–water partition coefficient (Wildman–Crippen LogP) is 0.956. The molecule has 1 aliphatic heterocycles. The molecule has 0 bridgehead atoms. The average molecular weight is 326 g/mol. The number of aromatic nitrogens is 3. The molecule has 1 aliphatic rings. The van der Waals surface area contributed by atoms with Crippen LogP contribution in [0, 0.1) is 13.8 Å². The van der Waals surface area contributed by atoms with E-state index in [1.54, 1.807) is 12.4 Å². The largest absolute Gasteiger partial charge is 0.355 e. The number of nitrogens with one attached hydrogen (secondary N) is 1. The molecule has 2 aromatic heterocycles. The molecule has 0 unspecified atom stereocenters. The van der Waals surface area contributed by atoms with Crippen molar-refractivity contribution in [3.05, 3.63) is 47.2 Å². The molecule has 1 fully saturated rings. The van der Waals surface area contributed by atoms with Crippen LogP contribution in [0.15, 0.2) is 24.5 Å². The predicted molar refractivity (Wildman–Crippen MR) is 91.7 cm³/mol. The Labute approximate surface area is 141 Å². The summed E-state index contributed by atoms with van der Waals surface area (Å²) in [5.74, 6) is 0.729. The molecule has 1 amide bonds. The molecular weight excluding hydrogens is 304 g/mol. The lowest BCUT2D eigenvalue weighted by Gasteiger charge is -2.20. The molecule has 0 spiro atoms. The second-order valence-electron chi connectivity index (χ2n) is 6.11. The van der Waals surface area contributed by atoms with E-state index in [4.69, 9.17) is 5.73 Å². The zero-order chi connectivity index (χ0) is 17.1. The topological polar surface area (TPSA) is 97.0 Å². The molecule has 3 N–H and O–H groups in total. The highest BCUT2D eigenvalue weighted by Gasteiger charge is 2.24. The van der Waals surface area contributed by atoms with Crippen LogP contribution in [-0.4, -0.2) is 40.0 Å². The van der Waals surface area contributed by atoms with Gasteiger partial charge in [-0.05, 0) is 38.0 Å². The van der Waals surface area contributed by atoms with Gasteiger partial charge in [-0.15, -0.1) is 0 Å². The minimum absolute atomic E-state index is 0.156. The van der Waals surface area contributed by atoms with Gasteiger partial charge in [-0.2, -0.15) is 0 Å². The van der Waals surface area contributed by atoms with Crippen molar-refractivity contribution in [2.45, 2.75) is 32.9 Å². The zero-order valence-corrected chi connectivity index (χ0v) is 14.0. The Hall–Kier alpha value is -2.54. The molecular formula is C17H22N6O. The summed E-state index contributed by atoms with van der Waals surface area (Å²) < 4.78 is 0. The third-order valence-electron chi connectivity index (χ3n) is 4.29. The highest BCUT2D eigenvalue weighted by molar-refractivity contribution is 5.91. The third kappa shape index (κ3) is 3.51. The van der Waals surface area contributed by atoms with Crippen LogP contribution in [0.4, 0.5) is 5.82 Å². The van der Waals surface area contributed by atoms with Gasteiger partial charge in [0.25, 0.3) is 5.91 Å². The molecule has 0 aromatic carbocycles. The molecule has 7 nitrogen and oxygen atoms in total. The van der Waals surface area contributed by atoms with Crippen LogP contribution >= 0.6 is 0 Å². The van der Waals surface area contributed by atoms with Crippen LogP contribution in [0.25, 0.3) is 0 Å². The standard InChI is InChI=1S/C17H22N6O/c1-11-12(2)21-15(22-16(11)23-8-5-14(18)10-23)17(24)20-9-13-3-6-19-7-4-13/h3-4,6-7,14H,5,8-10,18H2,1-2H3,(H,20,24)/t14-/m1/s1. The van der Waals surface area contributed by atoms with Crippen LogP contribution in [0.2, 0.25) is 0 Å². The Morgan fingerprint density at radius 2 is 2.08 bits per heavy atom. The van der Waals surface area contributed by atoms with Crippen molar-refractivity contribution >= 4 is 11.7 Å². The highest BCUT2D eigenvalue weighted by atomic mass is 16.2. The van der Waals surface area contributed by atoms with E-state index in [0.717, 1.165) is 42.1 Å². The van der Waals surface area contributed by atoms with Gasteiger partial charge in [-0.1, -0.05) is 0 Å². The summed E-state index contributed by atoms with van der Waals surface area (Å²) >= 11 is 0. The quantitative estimate of drug-likeness (QED) is 0.868. The number of rotatable bonds is 4. The van der Waals surface area contributed by atoms with Gasteiger partial charge in [0.15, 0.2) is 0 Å². The summed E-state index contributed by atoms with van der Waals surface area (Å²) in [4.78, 5) is 27.4. The highest BCUT2D eigenvalue weighted by Crippen LogP contribution is 2.23. The summed E-state index contributed by atoms with van der Waals surface area (Å²) in [7, 11) is 0. The normalized spacial score (nSPS) is 17.1. The minimum atomic E-state index is -0.278. The fraction of sp³-hybridized carbons (Fsp3) is 0.412. The van der Waals surface area contributed by atoms with Crippen molar-refractivity contribution in [3.8, 4) is 0 Å². The number of aryl methyl sites for hydroxylation is 1. The van der Waals surface area contributed by atoms with Gasteiger partial charge in [-0.3, -0.25) is 9.78 Å². The minimum Gasteiger partial charge on any atom is -0.355 e. The number of hydrogen-bond acceptors (Lipinski definition) is 6. The van der Waals surface area contributed by atoms with Crippen LogP contribution in [-0.2, 0) is 6.54 Å². The van der Waals surface area contributed by atoms with E-state index in [9.17, 15) is 4.79 Å². The van der Waals surface area contributed by atoms with Crippen molar-refractivity contribution in [2.24, 2.45) is 5.73 Å². The van der Waals surface area contributed by atoms with E-state index in [1.807, 2.05) is 26.0 Å². The lowest BCUT2D eigenvalue weighted by molar-refractivity contribution is 0.0940. The first-order valence-corrected chi connectivity index (χ1v) is 8.07. The molecule has 1 saturated heterocycles. The van der Waals surface area contributed by atoms with Gasteiger partial charge in [0, 0.05) is 49.3 Å². The Morgan fingerprint density at radius 3 is 2.75 bits per heavy atom. The Kier molecular flexibility index (Phi) is 4.71. The second kappa shape index (κ2) is 6.92. The van der Waals surface area contributed by atoms with Crippen molar-refractivity contribution in [1.29, 1.82) is 0 Å². The maximum Gasteiger partial charge on any atom is 0.289 e. The van der Waals surface area contributed by atoms with Gasteiger partial charge in [0.2, 0.25) is 5.82 Å². The van der Waals surface area contributed by atoms with Gasteiger partial charge in [0.05, 0.1) is 0 Å². The number of hydrogen-bond donors (Lipinski definition) is 2. The molecule has 0 aliphatic carbocycles. The average Bonchev–Trinajstić information content (AvgIpc) is 3.02. The van der Waals surface area contributed by atoms with Crippen molar-refractivity contribution in [3.63, 3.8) is 0 Å². The lowest BCUT2D eigenvalue weighted by Crippen LogP contribution is -2.30. The number of nitrogens with zero attached hydrogens (tertiary/aromatic N) is 4. The summed E-state index contributed by atoms with van der Waals surface area (Å²) in [5, 5.41) is 2.85. The number of anilines is 1. The Bertz CT molecular complexity index is 733. The molecule has 2 aromatic rings. The Morgan fingerprint density at radius 1 is 1.33 bits per heavy atom. The number of pyridine rings is 1. The molecule has 126 valence electrons. The first-order valence-electron chi connectivity index (χ1n) is 8.07. The fourth-order valence-electron chi connectivity index (χ4n) is 2.76. The fourth-order valence-corrected chi connectivity index (χ4v) is 2.76. The molecule has 0 saturated carbocycles. The van der Waals surface area contributed by atoms with E-state index in [1.165, 1.54) is 0 Å². The lowest BCUT2D eigenvalue weighted by atomic mass is 10.2. The number of carbonyl (C=O) groups excluding carboxylic acids is 1. The molecule has 24 heavy (non-hydrogen) atoms. The van der Waals surface area contributed by atoms with Crippen LogP contribution in [0.5, 0.6) is 0 Å². The van der Waals surface area contributed by atoms with E-state index < -0.39 is 0 Å². The zero-order valence-electron chi connectivity index (χ0n) is 14.0. The first kappa shape index (κ1) is 16.3. The number of nitrogens with two attached hydrogens (primary N) is 1. The SMILES string of the molecule is Cc1nc(C(=O)NCc2ccncc2)nc(N2CC[C@@H](N)C2)c1C. The molecule has 7 heteroatoms. The van der Waals surface area contributed by atoms with Crippen LogP contribution < -0.4 is 16.0 Å². The molecule has 0 radical (unpaired) electrons. The van der Waals surface area contributed by atoms with Gasteiger partial charge < -0.3 is 16.0 Å². The first-order chi connectivity index (χ1) is 11.5. The van der Waals surface area contributed by atoms with E-state index in [-0.39, 0.29) is 17.8 Å². The van der Waals surface area contributed by atoms with E-state index in [0.29, 0.717) is 6.54 Å². The summed E-state index contributed by atoms with van der Waals surface area (Å²) in [6.07, 6.45) is 4.33. The Balaban J connectivity index is 1.77. The maximum absolute atomic E-state index is 12.4. The summed E-state index contributed by atoms with van der Waals surface area (Å²) in [6.45, 7) is 5.91. The van der Waals surface area contributed by atoms with Gasteiger partial charge in [0.1, 0.15) is 5.82 Å². The second-order valence-corrected chi connectivity index (χ2v) is 6.11. The van der Waals surface area contributed by atoms with Crippen LogP contribution in [0.3, 0.4) is 0 Å². The third-order valence-corrected chi connectivity index (χ3v) is 4.29. The number of carbonyl (C=O) groups is 1. The molecule has 3 rings (SSSR count). The van der Waals surface area contributed by atoms with Crippen LogP contribution in [0.1, 0.15) is 33.9 Å². The van der Waals surface area contributed by atoms with Crippen molar-refractivity contribution in [1.82, 2.24) is 20.3 Å². The summed E-state index contributed by atoms with van der Waals surface area (Å²) in [5.41, 5.74) is 8.78. The van der Waals surface area contributed by atoms with E-state index in [2.05, 4.69) is 25.2 Å². The monoisotopic (exact) mass is 326 g/mol. The molecule has 3 heterocycles. The van der Waals surface area contributed by atoms with E-state index >= 15 is 0 Å². The van der Waals surface area contributed by atoms with Gasteiger partial charge >= 0.3 is 0 Å². The van der Waals surface area contributed by atoms with Gasteiger partial charge in [-0.25, -0.2) is 9.97 Å². The maximum atomic E-state index is 12.4. The van der Waals surface area contributed by atoms with Crippen molar-refractivity contribution < 1.29 is 4.79 Å². The number of amides is 1. The molecule has 1 atom stereocenters. The van der Waals surface area contributed by atoms with Crippen molar-refractivity contribution in [2.75, 3.05) is 18.0 Å².